The van der Waals surface area contributed by atoms with Gasteiger partial charge in [-0.2, -0.15) is 4.99 Å². The van der Waals surface area contributed by atoms with E-state index in [0.717, 1.165) is 0 Å². The molecule has 0 aliphatic carbocycles. The van der Waals surface area contributed by atoms with Crippen LogP contribution in [0.4, 0.5) is 5.69 Å². The van der Waals surface area contributed by atoms with Crippen molar-refractivity contribution < 1.29 is 9.59 Å². The van der Waals surface area contributed by atoms with Gasteiger partial charge in [-0.05, 0) is 18.2 Å². The lowest BCUT2D eigenvalue weighted by Gasteiger charge is -1.98. The maximum absolute atomic E-state index is 11.1. The lowest BCUT2D eigenvalue weighted by molar-refractivity contribution is 0.0963. The zero-order valence-corrected chi connectivity index (χ0v) is 7.07. The van der Waals surface area contributed by atoms with Crippen molar-refractivity contribution in [2.75, 3.05) is 7.05 Å². The second kappa shape index (κ2) is 4.18. The Labute approximate surface area is 75.3 Å². The fourth-order valence-corrected chi connectivity index (χ4v) is 0.914. The number of aliphatic imine (C=N–C) groups is 1. The zero-order chi connectivity index (χ0) is 9.68. The number of isocyanates is 1. The molecule has 1 rings (SSSR count). The standard InChI is InChI=1S/C9H8N2O2/c1-10-9(13)7-3-2-4-8(5-7)11-6-12/h2-5H,1H3,(H,10,13). The average molecular weight is 176 g/mol. The lowest BCUT2D eigenvalue weighted by atomic mass is 10.2. The van der Waals surface area contributed by atoms with Crippen LogP contribution in [0, 0.1) is 0 Å². The van der Waals surface area contributed by atoms with Crippen molar-refractivity contribution in [2.45, 2.75) is 0 Å². The van der Waals surface area contributed by atoms with E-state index in [4.69, 9.17) is 0 Å². The van der Waals surface area contributed by atoms with Crippen molar-refractivity contribution in [3.8, 4) is 0 Å². The molecular weight excluding hydrogens is 168 g/mol. The first-order valence-electron chi connectivity index (χ1n) is 3.68. The Balaban J connectivity index is 3.04. The van der Waals surface area contributed by atoms with Crippen LogP contribution in [-0.4, -0.2) is 19.0 Å². The third-order valence-corrected chi connectivity index (χ3v) is 1.51. The molecule has 4 nitrogen and oxygen atoms in total. The summed E-state index contributed by atoms with van der Waals surface area (Å²) in [6.45, 7) is 0. The van der Waals surface area contributed by atoms with Gasteiger partial charge in [0.1, 0.15) is 0 Å². The van der Waals surface area contributed by atoms with Crippen LogP contribution in [0.15, 0.2) is 29.3 Å². The molecule has 1 N–H and O–H groups in total. The Hall–Kier alpha value is -1.93. The van der Waals surface area contributed by atoms with Gasteiger partial charge in [-0.3, -0.25) is 4.79 Å². The largest absolute Gasteiger partial charge is 0.355 e. The molecule has 66 valence electrons. The van der Waals surface area contributed by atoms with Crippen LogP contribution >= 0.6 is 0 Å². The van der Waals surface area contributed by atoms with E-state index in [1.807, 2.05) is 0 Å². The van der Waals surface area contributed by atoms with E-state index in [-0.39, 0.29) is 5.91 Å². The summed E-state index contributed by atoms with van der Waals surface area (Å²) in [5, 5.41) is 2.47. The first kappa shape index (κ1) is 9.16. The third-order valence-electron chi connectivity index (χ3n) is 1.51. The van der Waals surface area contributed by atoms with E-state index in [9.17, 15) is 9.59 Å². The van der Waals surface area contributed by atoms with Crippen LogP contribution in [0.1, 0.15) is 10.4 Å². The summed E-state index contributed by atoms with van der Waals surface area (Å²) in [5.74, 6) is -0.206. The Bertz CT molecular complexity index is 368. The normalized spacial score (nSPS) is 8.69. The highest BCUT2D eigenvalue weighted by Crippen LogP contribution is 2.12. The van der Waals surface area contributed by atoms with Crippen LogP contribution in [0.2, 0.25) is 0 Å². The van der Waals surface area contributed by atoms with E-state index in [1.165, 1.54) is 19.2 Å². The van der Waals surface area contributed by atoms with Crippen LogP contribution in [-0.2, 0) is 4.79 Å². The summed E-state index contributed by atoms with van der Waals surface area (Å²) in [7, 11) is 1.54. The Morgan fingerprint density at radius 3 is 2.92 bits per heavy atom. The Kier molecular flexibility index (Phi) is 2.95. The van der Waals surface area contributed by atoms with E-state index in [0.29, 0.717) is 11.3 Å². The van der Waals surface area contributed by atoms with Gasteiger partial charge in [0.05, 0.1) is 5.69 Å². The van der Waals surface area contributed by atoms with Gasteiger partial charge in [0.25, 0.3) is 5.91 Å². The molecule has 0 spiro atoms. The third kappa shape index (κ3) is 2.25. The molecule has 0 saturated carbocycles. The molecule has 1 amide bonds. The molecule has 0 heterocycles. The zero-order valence-electron chi connectivity index (χ0n) is 7.07. The summed E-state index contributed by atoms with van der Waals surface area (Å²) < 4.78 is 0. The quantitative estimate of drug-likeness (QED) is 0.540. The van der Waals surface area contributed by atoms with Gasteiger partial charge in [0.2, 0.25) is 6.08 Å². The monoisotopic (exact) mass is 176 g/mol. The van der Waals surface area contributed by atoms with Gasteiger partial charge in [-0.15, -0.1) is 0 Å². The average Bonchev–Trinajstić information content (AvgIpc) is 2.18. The molecule has 0 aliphatic rings. The van der Waals surface area contributed by atoms with Gasteiger partial charge in [0, 0.05) is 12.6 Å². The number of hydrogen-bond donors (Lipinski definition) is 1. The van der Waals surface area contributed by atoms with Crippen LogP contribution in [0.3, 0.4) is 0 Å². The van der Waals surface area contributed by atoms with E-state index >= 15 is 0 Å². The van der Waals surface area contributed by atoms with Gasteiger partial charge >= 0.3 is 0 Å². The maximum atomic E-state index is 11.1. The summed E-state index contributed by atoms with van der Waals surface area (Å²) in [4.78, 5) is 24.4. The van der Waals surface area contributed by atoms with Crippen LogP contribution in [0.5, 0.6) is 0 Å². The number of carbonyl (C=O) groups excluding carboxylic acids is 2. The molecule has 0 unspecified atom stereocenters. The number of amides is 1. The van der Waals surface area contributed by atoms with Gasteiger partial charge in [-0.1, -0.05) is 6.07 Å². The molecule has 0 radical (unpaired) electrons. The molecule has 0 atom stereocenters. The molecule has 1 aromatic rings. The van der Waals surface area contributed by atoms with Crippen molar-refractivity contribution in [3.05, 3.63) is 29.8 Å². The molecule has 4 heteroatoms. The minimum atomic E-state index is -0.206. The van der Waals surface area contributed by atoms with E-state index in [2.05, 4.69) is 10.3 Å². The number of rotatable bonds is 2. The number of nitrogens with zero attached hydrogens (tertiary/aromatic N) is 1. The molecule has 1 aromatic carbocycles. The number of carbonyl (C=O) groups is 1. The second-order valence-electron chi connectivity index (χ2n) is 2.33. The molecule has 0 bridgehead atoms. The summed E-state index contributed by atoms with van der Waals surface area (Å²) in [6, 6.07) is 6.43. The molecule has 0 saturated heterocycles. The summed E-state index contributed by atoms with van der Waals surface area (Å²) in [6.07, 6.45) is 1.41. The Morgan fingerprint density at radius 2 is 2.31 bits per heavy atom. The minimum absolute atomic E-state index is 0.206. The van der Waals surface area contributed by atoms with Gasteiger partial charge in [-0.25, -0.2) is 4.79 Å². The SMILES string of the molecule is CNC(=O)c1cccc(N=C=O)c1. The van der Waals surface area contributed by atoms with Crippen molar-refractivity contribution in [1.82, 2.24) is 5.32 Å². The molecule has 0 aliphatic heterocycles. The van der Waals surface area contributed by atoms with Crippen molar-refractivity contribution in [2.24, 2.45) is 4.99 Å². The molecule has 13 heavy (non-hydrogen) atoms. The number of hydrogen-bond acceptors (Lipinski definition) is 3. The predicted molar refractivity (Wildman–Crippen MR) is 47.6 cm³/mol. The van der Waals surface area contributed by atoms with Gasteiger partial charge < -0.3 is 5.32 Å². The van der Waals surface area contributed by atoms with Crippen molar-refractivity contribution >= 4 is 17.7 Å². The highest BCUT2D eigenvalue weighted by atomic mass is 16.1. The lowest BCUT2D eigenvalue weighted by Crippen LogP contribution is -2.17. The number of nitrogens with one attached hydrogen (secondary N) is 1. The maximum Gasteiger partial charge on any atom is 0.251 e. The van der Waals surface area contributed by atoms with E-state index < -0.39 is 0 Å². The summed E-state index contributed by atoms with van der Waals surface area (Å²) in [5.41, 5.74) is 0.898. The van der Waals surface area contributed by atoms with E-state index in [1.54, 1.807) is 18.2 Å². The highest BCUT2D eigenvalue weighted by molar-refractivity contribution is 5.94. The molecule has 0 aromatic heterocycles. The first-order valence-corrected chi connectivity index (χ1v) is 3.68. The van der Waals surface area contributed by atoms with Crippen molar-refractivity contribution in [1.29, 1.82) is 0 Å². The van der Waals surface area contributed by atoms with Crippen LogP contribution < -0.4 is 5.32 Å². The highest BCUT2D eigenvalue weighted by Gasteiger charge is 2.02. The fourth-order valence-electron chi connectivity index (χ4n) is 0.914. The first-order chi connectivity index (χ1) is 6.27. The summed E-state index contributed by atoms with van der Waals surface area (Å²) >= 11 is 0. The van der Waals surface area contributed by atoms with Crippen molar-refractivity contribution in [3.63, 3.8) is 0 Å². The second-order valence-corrected chi connectivity index (χ2v) is 2.33. The topological polar surface area (TPSA) is 58.5 Å². The predicted octanol–water partition coefficient (Wildman–Crippen LogP) is 1.01. The number of benzene rings is 1. The molecular formula is C9H8N2O2. The Morgan fingerprint density at radius 1 is 1.54 bits per heavy atom. The molecule has 0 fully saturated rings. The smallest absolute Gasteiger partial charge is 0.251 e. The van der Waals surface area contributed by atoms with Crippen LogP contribution in [0.25, 0.3) is 0 Å². The van der Waals surface area contributed by atoms with Gasteiger partial charge in [0.15, 0.2) is 0 Å². The minimum Gasteiger partial charge on any atom is -0.355 e. The fraction of sp³-hybridized carbons (Fsp3) is 0.111.